The number of rotatable bonds is 5. The van der Waals surface area contributed by atoms with E-state index in [1.165, 1.54) is 18.2 Å². The molecule has 0 bridgehead atoms. The largest absolute Gasteiger partial charge is 0.507 e. The molecule has 22 heavy (non-hydrogen) atoms. The summed E-state index contributed by atoms with van der Waals surface area (Å²) in [5.41, 5.74) is 0.432. The molecule has 2 aromatic rings. The molecule has 0 aliphatic rings. The highest BCUT2D eigenvalue weighted by Crippen LogP contribution is 2.23. The lowest BCUT2D eigenvalue weighted by molar-refractivity contribution is 0.0694. The molecular formula is C15H13NO5S. The molecule has 0 aliphatic carbocycles. The Morgan fingerprint density at radius 3 is 2.32 bits per heavy atom. The van der Waals surface area contributed by atoms with E-state index in [9.17, 15) is 18.3 Å². The van der Waals surface area contributed by atoms with Gasteiger partial charge in [-0.2, -0.15) is 0 Å². The molecule has 7 heteroatoms. The van der Waals surface area contributed by atoms with Crippen LogP contribution >= 0.6 is 0 Å². The summed E-state index contributed by atoms with van der Waals surface area (Å²) in [6.45, 7) is 3.58. The zero-order chi connectivity index (χ0) is 16.3. The lowest BCUT2D eigenvalue weighted by Gasteiger charge is -2.09. The Kier molecular flexibility index (Phi) is 4.18. The molecule has 0 aliphatic heterocycles. The van der Waals surface area contributed by atoms with Crippen LogP contribution in [0.4, 0.5) is 5.69 Å². The second kappa shape index (κ2) is 5.90. The number of anilines is 1. The summed E-state index contributed by atoms with van der Waals surface area (Å²) < 4.78 is 26.7. The van der Waals surface area contributed by atoms with Gasteiger partial charge in [0.2, 0.25) is 0 Å². The van der Waals surface area contributed by atoms with Crippen molar-refractivity contribution in [3.05, 3.63) is 60.2 Å². The number of carboxylic acid groups (broad SMARTS) is 1. The van der Waals surface area contributed by atoms with Crippen LogP contribution in [0.1, 0.15) is 15.9 Å². The summed E-state index contributed by atoms with van der Waals surface area (Å²) in [5.74, 6) is -1.79. The summed E-state index contributed by atoms with van der Waals surface area (Å²) >= 11 is 0. The molecule has 3 N–H and O–H groups in total. The van der Waals surface area contributed by atoms with Gasteiger partial charge >= 0.3 is 5.97 Å². The minimum atomic E-state index is -3.85. The van der Waals surface area contributed by atoms with Crippen molar-refractivity contribution >= 4 is 27.8 Å². The highest BCUT2D eigenvalue weighted by Gasteiger charge is 2.16. The monoisotopic (exact) mass is 319 g/mol. The van der Waals surface area contributed by atoms with Crippen LogP contribution in [0.2, 0.25) is 0 Å². The number of aromatic hydroxyl groups is 1. The Morgan fingerprint density at radius 1 is 1.14 bits per heavy atom. The SMILES string of the molecule is C=Cc1ccc(S(=O)(=O)Nc2ccc(O)c(C(=O)O)c2)cc1. The van der Waals surface area contributed by atoms with E-state index in [1.54, 1.807) is 18.2 Å². The van der Waals surface area contributed by atoms with Crippen molar-refractivity contribution in [1.29, 1.82) is 0 Å². The molecule has 0 heterocycles. The Labute approximate surface area is 127 Å². The molecule has 0 spiro atoms. The molecule has 0 atom stereocenters. The average Bonchev–Trinajstić information content (AvgIpc) is 2.48. The van der Waals surface area contributed by atoms with E-state index < -0.39 is 21.7 Å². The van der Waals surface area contributed by atoms with Crippen LogP contribution in [-0.4, -0.2) is 24.6 Å². The van der Waals surface area contributed by atoms with Gasteiger partial charge in [0.25, 0.3) is 10.0 Å². The first kappa shape index (κ1) is 15.6. The van der Waals surface area contributed by atoms with Gasteiger partial charge in [-0.05, 0) is 35.9 Å². The van der Waals surface area contributed by atoms with Gasteiger partial charge in [-0.3, -0.25) is 4.72 Å². The van der Waals surface area contributed by atoms with Crippen LogP contribution in [0, 0.1) is 0 Å². The predicted octanol–water partition coefficient (Wildman–Crippen LogP) is 2.53. The highest BCUT2D eigenvalue weighted by atomic mass is 32.2. The van der Waals surface area contributed by atoms with Gasteiger partial charge in [-0.1, -0.05) is 24.8 Å². The number of hydrogen-bond donors (Lipinski definition) is 3. The van der Waals surface area contributed by atoms with E-state index in [4.69, 9.17) is 5.11 Å². The van der Waals surface area contributed by atoms with E-state index in [-0.39, 0.29) is 16.1 Å². The quantitative estimate of drug-likeness (QED) is 0.735. The molecule has 2 aromatic carbocycles. The van der Waals surface area contributed by atoms with Crippen LogP contribution in [0.25, 0.3) is 6.08 Å². The average molecular weight is 319 g/mol. The first-order chi connectivity index (χ1) is 10.3. The standard InChI is InChI=1S/C15H13NO5S/c1-2-10-3-6-12(7-4-10)22(20,21)16-11-5-8-14(17)13(9-11)15(18)19/h2-9,16-17H,1H2,(H,18,19). The van der Waals surface area contributed by atoms with Gasteiger partial charge in [0, 0.05) is 5.69 Å². The number of phenols is 1. The fourth-order valence-corrected chi connectivity index (χ4v) is 2.82. The van der Waals surface area contributed by atoms with Crippen LogP contribution < -0.4 is 4.72 Å². The van der Waals surface area contributed by atoms with Crippen LogP contribution in [0.3, 0.4) is 0 Å². The first-order valence-electron chi connectivity index (χ1n) is 6.15. The van der Waals surface area contributed by atoms with Gasteiger partial charge in [0.1, 0.15) is 11.3 Å². The summed E-state index contributed by atoms with van der Waals surface area (Å²) in [6.07, 6.45) is 1.59. The zero-order valence-corrected chi connectivity index (χ0v) is 12.2. The van der Waals surface area contributed by atoms with Gasteiger partial charge in [0.05, 0.1) is 4.90 Å². The van der Waals surface area contributed by atoms with E-state index in [2.05, 4.69) is 11.3 Å². The van der Waals surface area contributed by atoms with Crippen molar-refractivity contribution in [2.45, 2.75) is 4.90 Å². The van der Waals surface area contributed by atoms with E-state index in [1.807, 2.05) is 0 Å². The first-order valence-corrected chi connectivity index (χ1v) is 7.63. The highest BCUT2D eigenvalue weighted by molar-refractivity contribution is 7.92. The van der Waals surface area contributed by atoms with Gasteiger partial charge in [-0.25, -0.2) is 13.2 Å². The lowest BCUT2D eigenvalue weighted by atomic mass is 10.2. The molecule has 0 saturated carbocycles. The molecule has 0 aromatic heterocycles. The Morgan fingerprint density at radius 2 is 1.77 bits per heavy atom. The number of hydrogen-bond acceptors (Lipinski definition) is 4. The number of sulfonamides is 1. The molecule has 0 saturated heterocycles. The van der Waals surface area contributed by atoms with E-state index in [0.717, 1.165) is 17.7 Å². The molecule has 2 rings (SSSR count). The molecular weight excluding hydrogens is 306 g/mol. The molecule has 6 nitrogen and oxygen atoms in total. The van der Waals surface area contributed by atoms with Crippen molar-refractivity contribution in [3.63, 3.8) is 0 Å². The Bertz CT molecular complexity index is 826. The van der Waals surface area contributed by atoms with Crippen molar-refractivity contribution in [3.8, 4) is 5.75 Å². The van der Waals surface area contributed by atoms with Gasteiger partial charge < -0.3 is 10.2 Å². The van der Waals surface area contributed by atoms with Gasteiger partial charge in [0.15, 0.2) is 0 Å². The van der Waals surface area contributed by atoms with Crippen molar-refractivity contribution in [1.82, 2.24) is 0 Å². The minimum Gasteiger partial charge on any atom is -0.507 e. The molecule has 0 unspecified atom stereocenters. The summed E-state index contributed by atoms with van der Waals surface area (Å²) in [4.78, 5) is 11.0. The predicted molar refractivity (Wildman–Crippen MR) is 82.4 cm³/mol. The second-order valence-corrected chi connectivity index (χ2v) is 6.10. The minimum absolute atomic E-state index is 0.0306. The molecule has 0 radical (unpaired) electrons. The fraction of sp³-hybridized carbons (Fsp3) is 0. The third-order valence-corrected chi connectivity index (χ3v) is 4.30. The van der Waals surface area contributed by atoms with Crippen LogP contribution in [0.15, 0.2) is 53.9 Å². The number of benzene rings is 2. The Hall–Kier alpha value is -2.80. The second-order valence-electron chi connectivity index (χ2n) is 4.42. The number of aromatic carboxylic acids is 1. The Balaban J connectivity index is 2.33. The molecule has 114 valence electrons. The summed E-state index contributed by atoms with van der Waals surface area (Å²) in [7, 11) is -3.85. The van der Waals surface area contributed by atoms with E-state index >= 15 is 0 Å². The molecule has 0 fully saturated rings. The lowest BCUT2D eigenvalue weighted by Crippen LogP contribution is -2.13. The fourth-order valence-electron chi connectivity index (χ4n) is 1.77. The zero-order valence-electron chi connectivity index (χ0n) is 11.4. The van der Waals surface area contributed by atoms with E-state index in [0.29, 0.717) is 0 Å². The maximum atomic E-state index is 12.2. The summed E-state index contributed by atoms with van der Waals surface area (Å²) in [6, 6.07) is 9.46. The smallest absolute Gasteiger partial charge is 0.339 e. The molecule has 0 amide bonds. The van der Waals surface area contributed by atoms with Crippen molar-refractivity contribution in [2.24, 2.45) is 0 Å². The maximum absolute atomic E-state index is 12.2. The van der Waals surface area contributed by atoms with Crippen LogP contribution in [-0.2, 0) is 10.0 Å². The third kappa shape index (κ3) is 3.26. The number of carboxylic acids is 1. The normalized spacial score (nSPS) is 10.9. The third-order valence-electron chi connectivity index (χ3n) is 2.91. The van der Waals surface area contributed by atoms with Crippen LogP contribution in [0.5, 0.6) is 5.75 Å². The number of carbonyl (C=O) groups is 1. The number of nitrogens with one attached hydrogen (secondary N) is 1. The summed E-state index contributed by atoms with van der Waals surface area (Å²) in [5, 5.41) is 18.3. The van der Waals surface area contributed by atoms with Crippen molar-refractivity contribution < 1.29 is 23.4 Å². The maximum Gasteiger partial charge on any atom is 0.339 e. The van der Waals surface area contributed by atoms with Crippen molar-refractivity contribution in [2.75, 3.05) is 4.72 Å². The topological polar surface area (TPSA) is 104 Å². The van der Waals surface area contributed by atoms with Gasteiger partial charge in [-0.15, -0.1) is 0 Å².